The minimum absolute atomic E-state index is 0.166. The van der Waals surface area contributed by atoms with Gasteiger partial charge in [0.1, 0.15) is 0 Å². The van der Waals surface area contributed by atoms with E-state index in [4.69, 9.17) is 4.74 Å². The minimum atomic E-state index is -0.422. The molecule has 1 aliphatic rings. The molecule has 0 amide bonds. The van der Waals surface area contributed by atoms with Gasteiger partial charge in [0.2, 0.25) is 0 Å². The molecule has 1 heterocycles. The van der Waals surface area contributed by atoms with Gasteiger partial charge < -0.3 is 14.7 Å². The quantitative estimate of drug-likeness (QED) is 0.784. The monoisotopic (exact) mass is 348 g/mol. The van der Waals surface area contributed by atoms with Gasteiger partial charge in [0.15, 0.2) is 0 Å². The largest absolute Gasteiger partial charge is 0.389 e. The molecule has 0 radical (unpaired) electrons. The molecule has 1 aromatic carbocycles. The Labute approximate surface area is 153 Å². The van der Waals surface area contributed by atoms with Crippen molar-refractivity contribution < 1.29 is 9.84 Å². The molecule has 142 valence electrons. The molecular weight excluding hydrogens is 312 g/mol. The van der Waals surface area contributed by atoms with E-state index in [0.717, 1.165) is 19.6 Å². The first-order valence-corrected chi connectivity index (χ1v) is 9.63. The molecule has 0 spiro atoms. The summed E-state index contributed by atoms with van der Waals surface area (Å²) < 4.78 is 5.54. The van der Waals surface area contributed by atoms with Gasteiger partial charge in [-0.3, -0.25) is 4.90 Å². The summed E-state index contributed by atoms with van der Waals surface area (Å²) >= 11 is 0. The molecule has 2 rings (SSSR count). The fourth-order valence-corrected chi connectivity index (χ4v) is 4.32. The van der Waals surface area contributed by atoms with E-state index in [1.54, 1.807) is 0 Å². The number of hydrogen-bond acceptors (Lipinski definition) is 4. The average Bonchev–Trinajstić information content (AvgIpc) is 2.53. The van der Waals surface area contributed by atoms with Crippen LogP contribution >= 0.6 is 0 Å². The Balaban J connectivity index is 1.86. The van der Waals surface area contributed by atoms with Crippen molar-refractivity contribution in [3.8, 4) is 0 Å². The molecule has 3 unspecified atom stereocenters. The first kappa shape index (κ1) is 20.4. The van der Waals surface area contributed by atoms with Crippen LogP contribution in [0.4, 0.5) is 0 Å². The third kappa shape index (κ3) is 6.37. The van der Waals surface area contributed by atoms with Crippen molar-refractivity contribution in [1.29, 1.82) is 0 Å². The Morgan fingerprint density at radius 2 is 1.76 bits per heavy atom. The van der Waals surface area contributed by atoms with E-state index in [-0.39, 0.29) is 6.10 Å². The molecular formula is C21H36N2O2. The molecule has 0 bridgehead atoms. The van der Waals surface area contributed by atoms with Crippen LogP contribution in [0.1, 0.15) is 33.3 Å². The maximum absolute atomic E-state index is 10.2. The highest BCUT2D eigenvalue weighted by Gasteiger charge is 2.34. The number of rotatable bonds is 8. The van der Waals surface area contributed by atoms with Crippen LogP contribution < -0.4 is 0 Å². The standard InChI is InChI=1S/C21H36N2O2/c1-16(2)25-15-20(24)14-22(5)21-17(3)11-23(12-18(21)4)13-19-9-7-6-8-10-19/h6-10,16-18,20-21,24H,11-15H2,1-5H3. The summed E-state index contributed by atoms with van der Waals surface area (Å²) in [4.78, 5) is 4.90. The zero-order valence-corrected chi connectivity index (χ0v) is 16.6. The Morgan fingerprint density at radius 1 is 1.16 bits per heavy atom. The first-order chi connectivity index (χ1) is 11.9. The number of benzene rings is 1. The second kappa shape index (κ2) is 9.67. The lowest BCUT2D eigenvalue weighted by Gasteiger charge is -2.46. The minimum Gasteiger partial charge on any atom is -0.389 e. The average molecular weight is 349 g/mol. The molecule has 0 saturated carbocycles. The van der Waals surface area contributed by atoms with Crippen LogP contribution in [-0.2, 0) is 11.3 Å². The topological polar surface area (TPSA) is 35.9 Å². The van der Waals surface area contributed by atoms with Crippen LogP contribution in [0.5, 0.6) is 0 Å². The van der Waals surface area contributed by atoms with Gasteiger partial charge in [-0.25, -0.2) is 0 Å². The van der Waals surface area contributed by atoms with Crippen molar-refractivity contribution in [2.24, 2.45) is 11.8 Å². The highest BCUT2D eigenvalue weighted by Crippen LogP contribution is 2.27. The van der Waals surface area contributed by atoms with Crippen molar-refractivity contribution in [2.75, 3.05) is 33.3 Å². The summed E-state index contributed by atoms with van der Waals surface area (Å²) in [5.41, 5.74) is 1.38. The number of piperidine rings is 1. The summed E-state index contributed by atoms with van der Waals surface area (Å²) in [5, 5.41) is 10.2. The number of likely N-dealkylation sites (N-methyl/N-ethyl adjacent to an activating group) is 1. The van der Waals surface area contributed by atoms with Gasteiger partial charge in [0.25, 0.3) is 0 Å². The smallest absolute Gasteiger partial charge is 0.0900 e. The summed E-state index contributed by atoms with van der Waals surface area (Å²) in [7, 11) is 2.14. The normalized spacial score (nSPS) is 26.3. The van der Waals surface area contributed by atoms with Crippen molar-refractivity contribution in [3.05, 3.63) is 35.9 Å². The lowest BCUT2D eigenvalue weighted by Crippen LogP contribution is -2.55. The Morgan fingerprint density at radius 3 is 2.32 bits per heavy atom. The van der Waals surface area contributed by atoms with E-state index < -0.39 is 6.10 Å². The molecule has 4 heteroatoms. The molecule has 1 saturated heterocycles. The van der Waals surface area contributed by atoms with Gasteiger partial charge in [-0.05, 0) is 38.3 Å². The van der Waals surface area contributed by atoms with Crippen LogP contribution in [0, 0.1) is 11.8 Å². The molecule has 0 aromatic heterocycles. The van der Waals surface area contributed by atoms with E-state index in [1.807, 2.05) is 13.8 Å². The van der Waals surface area contributed by atoms with E-state index in [1.165, 1.54) is 5.56 Å². The fourth-order valence-electron chi connectivity index (χ4n) is 4.32. The zero-order chi connectivity index (χ0) is 18.4. The van der Waals surface area contributed by atoms with Gasteiger partial charge >= 0.3 is 0 Å². The SMILES string of the molecule is CC(C)OCC(O)CN(C)C1C(C)CN(Cc2ccccc2)CC1C. The summed E-state index contributed by atoms with van der Waals surface area (Å²) in [6, 6.07) is 11.2. The maximum Gasteiger partial charge on any atom is 0.0900 e. The molecule has 1 N–H and O–H groups in total. The lowest BCUT2D eigenvalue weighted by atomic mass is 9.84. The highest BCUT2D eigenvalue weighted by molar-refractivity contribution is 5.14. The summed E-state index contributed by atoms with van der Waals surface area (Å²) in [6.45, 7) is 13.0. The first-order valence-electron chi connectivity index (χ1n) is 9.63. The van der Waals surface area contributed by atoms with Gasteiger partial charge in [0, 0.05) is 32.2 Å². The van der Waals surface area contributed by atoms with Crippen LogP contribution in [0.3, 0.4) is 0 Å². The van der Waals surface area contributed by atoms with Crippen molar-refractivity contribution in [2.45, 2.75) is 52.5 Å². The van der Waals surface area contributed by atoms with E-state index in [0.29, 0.717) is 31.0 Å². The molecule has 3 atom stereocenters. The second-order valence-corrected chi connectivity index (χ2v) is 8.10. The Kier molecular flexibility index (Phi) is 7.88. The third-order valence-electron chi connectivity index (χ3n) is 5.14. The second-order valence-electron chi connectivity index (χ2n) is 8.10. The molecule has 1 aliphatic heterocycles. The van der Waals surface area contributed by atoms with Gasteiger partial charge in [-0.1, -0.05) is 44.2 Å². The van der Waals surface area contributed by atoms with E-state index in [2.05, 4.69) is 61.0 Å². The Hall–Kier alpha value is -0.940. The number of aliphatic hydroxyl groups excluding tert-OH is 1. The molecule has 0 aliphatic carbocycles. The summed E-state index contributed by atoms with van der Waals surface area (Å²) in [6.07, 6.45) is -0.256. The third-order valence-corrected chi connectivity index (χ3v) is 5.14. The molecule has 1 aromatic rings. The number of likely N-dealkylation sites (tertiary alicyclic amines) is 1. The van der Waals surface area contributed by atoms with Crippen molar-refractivity contribution in [3.63, 3.8) is 0 Å². The van der Waals surface area contributed by atoms with Crippen molar-refractivity contribution in [1.82, 2.24) is 9.80 Å². The van der Waals surface area contributed by atoms with Gasteiger partial charge in [0.05, 0.1) is 18.8 Å². The lowest BCUT2D eigenvalue weighted by molar-refractivity contribution is -0.0297. The number of ether oxygens (including phenoxy) is 1. The highest BCUT2D eigenvalue weighted by atomic mass is 16.5. The van der Waals surface area contributed by atoms with Crippen LogP contribution in [0.25, 0.3) is 0 Å². The molecule has 25 heavy (non-hydrogen) atoms. The van der Waals surface area contributed by atoms with Crippen molar-refractivity contribution >= 4 is 0 Å². The molecule has 1 fully saturated rings. The van der Waals surface area contributed by atoms with Crippen LogP contribution in [-0.4, -0.2) is 66.4 Å². The van der Waals surface area contributed by atoms with Crippen LogP contribution in [0.2, 0.25) is 0 Å². The zero-order valence-electron chi connectivity index (χ0n) is 16.6. The van der Waals surface area contributed by atoms with E-state index >= 15 is 0 Å². The number of aliphatic hydroxyl groups is 1. The van der Waals surface area contributed by atoms with Gasteiger partial charge in [-0.2, -0.15) is 0 Å². The van der Waals surface area contributed by atoms with Gasteiger partial charge in [-0.15, -0.1) is 0 Å². The fraction of sp³-hybridized carbons (Fsp3) is 0.714. The predicted molar refractivity (Wildman–Crippen MR) is 104 cm³/mol. The predicted octanol–water partition coefficient (Wildman–Crippen LogP) is 2.86. The maximum atomic E-state index is 10.2. The number of hydrogen-bond donors (Lipinski definition) is 1. The molecule has 4 nitrogen and oxygen atoms in total. The summed E-state index contributed by atoms with van der Waals surface area (Å²) in [5.74, 6) is 1.16. The van der Waals surface area contributed by atoms with E-state index in [9.17, 15) is 5.11 Å². The Bertz CT molecular complexity index is 482. The van der Waals surface area contributed by atoms with Crippen LogP contribution in [0.15, 0.2) is 30.3 Å². The number of nitrogens with zero attached hydrogens (tertiary/aromatic N) is 2.